The topological polar surface area (TPSA) is 12.2 Å². The molecule has 29 heavy (non-hydrogen) atoms. The van der Waals surface area contributed by atoms with E-state index < -0.39 is 0 Å². The molecule has 2 aliphatic heterocycles. The summed E-state index contributed by atoms with van der Waals surface area (Å²) in [5.74, 6) is 1.81. The summed E-state index contributed by atoms with van der Waals surface area (Å²) >= 11 is 0. The Balaban J connectivity index is 1.58. The number of ether oxygens (including phenoxy) is 1. The fourth-order valence-electron chi connectivity index (χ4n) is 4.54. The molecule has 0 radical (unpaired) electrons. The van der Waals surface area contributed by atoms with Crippen molar-refractivity contribution in [2.45, 2.75) is 19.3 Å². The molecule has 142 valence electrons. The molecule has 2 heteroatoms. The highest BCUT2D eigenvalue weighted by atomic mass is 16.5. The van der Waals surface area contributed by atoms with E-state index in [0.717, 1.165) is 22.6 Å². The fourth-order valence-corrected chi connectivity index (χ4v) is 4.54. The van der Waals surface area contributed by atoms with Gasteiger partial charge < -0.3 is 4.74 Å². The maximum atomic E-state index is 6.10. The van der Waals surface area contributed by atoms with E-state index in [2.05, 4.69) is 92.2 Å². The first-order valence-electron chi connectivity index (χ1n) is 10.0. The summed E-state index contributed by atoms with van der Waals surface area (Å²) in [5.41, 5.74) is 7.38. The van der Waals surface area contributed by atoms with E-state index in [1.165, 1.54) is 22.5 Å². The Morgan fingerprint density at radius 3 is 2.03 bits per heavy atom. The van der Waals surface area contributed by atoms with Crippen molar-refractivity contribution in [1.82, 2.24) is 0 Å². The lowest BCUT2D eigenvalue weighted by atomic mass is 9.81. The van der Waals surface area contributed by atoms with Gasteiger partial charge in [-0.3, -0.25) is 0 Å². The molecular formula is C27H24NO+. The Hall–Kier alpha value is -3.39. The molecule has 0 saturated heterocycles. The molecule has 3 aromatic carbocycles. The fraction of sp³-hybridized carbons (Fsp3) is 0.148. The molecule has 0 bridgehead atoms. The molecular weight excluding hydrogens is 354 g/mol. The number of para-hydroxylation sites is 3. The molecule has 2 nitrogen and oxygen atoms in total. The number of hydrogen-bond acceptors (Lipinski definition) is 1. The Kier molecular flexibility index (Phi) is 4.02. The third-order valence-electron chi connectivity index (χ3n) is 6.03. The third kappa shape index (κ3) is 2.75. The van der Waals surface area contributed by atoms with Crippen LogP contribution in [0.4, 0.5) is 5.69 Å². The highest BCUT2D eigenvalue weighted by molar-refractivity contribution is 6.03. The molecule has 0 saturated carbocycles. The van der Waals surface area contributed by atoms with Gasteiger partial charge in [0, 0.05) is 28.8 Å². The third-order valence-corrected chi connectivity index (χ3v) is 6.03. The van der Waals surface area contributed by atoms with Crippen LogP contribution in [0.3, 0.4) is 0 Å². The second-order valence-corrected chi connectivity index (χ2v) is 8.12. The van der Waals surface area contributed by atoms with Gasteiger partial charge in [-0.05, 0) is 31.6 Å². The van der Waals surface area contributed by atoms with E-state index in [1.54, 1.807) is 0 Å². The lowest BCUT2D eigenvalue weighted by molar-refractivity contribution is -0.401. The number of fused-ring (bicyclic) bond motifs is 3. The highest BCUT2D eigenvalue weighted by Crippen LogP contribution is 2.43. The monoisotopic (exact) mass is 378 g/mol. The zero-order valence-corrected chi connectivity index (χ0v) is 17.0. The quantitative estimate of drug-likeness (QED) is 0.363. The van der Waals surface area contributed by atoms with Crippen LogP contribution in [0.15, 0.2) is 91.0 Å². The van der Waals surface area contributed by atoms with E-state index in [-0.39, 0.29) is 5.41 Å². The van der Waals surface area contributed by atoms with Crippen LogP contribution in [-0.4, -0.2) is 17.3 Å². The van der Waals surface area contributed by atoms with Gasteiger partial charge in [0.2, 0.25) is 5.69 Å². The Morgan fingerprint density at radius 2 is 1.38 bits per heavy atom. The predicted octanol–water partition coefficient (Wildman–Crippen LogP) is 6.49. The van der Waals surface area contributed by atoms with E-state index >= 15 is 0 Å². The Labute approximate surface area is 172 Å². The summed E-state index contributed by atoms with van der Waals surface area (Å²) in [4.78, 5) is 0. The molecule has 2 aliphatic rings. The average molecular weight is 378 g/mol. The highest BCUT2D eigenvalue weighted by Gasteiger charge is 2.42. The molecule has 0 unspecified atom stereocenters. The van der Waals surface area contributed by atoms with Crippen LogP contribution >= 0.6 is 0 Å². The van der Waals surface area contributed by atoms with Crippen LogP contribution in [0.2, 0.25) is 0 Å². The van der Waals surface area contributed by atoms with Crippen molar-refractivity contribution in [3.8, 4) is 11.5 Å². The average Bonchev–Trinajstić information content (AvgIpc) is 2.94. The van der Waals surface area contributed by atoms with Crippen LogP contribution < -0.4 is 4.74 Å². The van der Waals surface area contributed by atoms with Gasteiger partial charge in [0.05, 0.1) is 5.41 Å². The van der Waals surface area contributed by atoms with Crippen LogP contribution in [0.5, 0.6) is 11.5 Å². The summed E-state index contributed by atoms with van der Waals surface area (Å²) in [6, 6.07) is 25.1. The molecule has 0 amide bonds. The zero-order chi connectivity index (χ0) is 20.0. The standard InChI is InChI=1S/C27H24NO/c1-27(2)22-14-6-7-15-23(22)28(3)26(27)18-10-13-19-20-11-4-8-16-24(20)29-25-17-9-5-12-21(19)25/h4-18H,1-3H3/q+1/b18-10+. The van der Waals surface area contributed by atoms with Crippen LogP contribution in [-0.2, 0) is 5.41 Å². The van der Waals surface area contributed by atoms with E-state index in [4.69, 9.17) is 4.74 Å². The second-order valence-electron chi connectivity index (χ2n) is 8.12. The van der Waals surface area contributed by atoms with E-state index in [0.29, 0.717) is 0 Å². The summed E-state index contributed by atoms with van der Waals surface area (Å²) < 4.78 is 8.40. The summed E-state index contributed by atoms with van der Waals surface area (Å²) in [5, 5.41) is 0. The molecule has 5 rings (SSSR count). The SMILES string of the molecule is C[N+]1=C(/C=C/C=C2c3ccccc3Oc3ccccc32)C(C)(C)c2ccccc21. The first-order valence-corrected chi connectivity index (χ1v) is 10.0. The maximum Gasteiger partial charge on any atom is 0.209 e. The van der Waals surface area contributed by atoms with Crippen LogP contribution in [0.1, 0.15) is 30.5 Å². The van der Waals surface area contributed by atoms with Crippen molar-refractivity contribution >= 4 is 17.0 Å². The van der Waals surface area contributed by atoms with Gasteiger partial charge in [0.15, 0.2) is 5.71 Å². The molecule has 0 spiro atoms. The van der Waals surface area contributed by atoms with E-state index in [9.17, 15) is 0 Å². The minimum Gasteiger partial charge on any atom is -0.456 e. The number of hydrogen-bond donors (Lipinski definition) is 0. The van der Waals surface area contributed by atoms with Gasteiger partial charge >= 0.3 is 0 Å². The molecule has 0 aromatic heterocycles. The van der Waals surface area contributed by atoms with Gasteiger partial charge in [0.25, 0.3) is 0 Å². The molecule has 0 aliphatic carbocycles. The summed E-state index contributed by atoms with van der Waals surface area (Å²) in [6.45, 7) is 4.59. The number of allylic oxidation sites excluding steroid dienone is 3. The van der Waals surface area contributed by atoms with Crippen molar-refractivity contribution in [3.05, 3.63) is 108 Å². The molecule has 2 heterocycles. The van der Waals surface area contributed by atoms with Crippen molar-refractivity contribution in [1.29, 1.82) is 0 Å². The van der Waals surface area contributed by atoms with Gasteiger partial charge in [0.1, 0.15) is 18.5 Å². The molecule has 0 atom stereocenters. The number of benzene rings is 3. The van der Waals surface area contributed by atoms with Crippen molar-refractivity contribution in [2.75, 3.05) is 7.05 Å². The molecule has 3 aromatic rings. The lowest BCUT2D eigenvalue weighted by Crippen LogP contribution is -2.26. The lowest BCUT2D eigenvalue weighted by Gasteiger charge is -2.22. The normalized spacial score (nSPS) is 16.3. The summed E-state index contributed by atoms with van der Waals surface area (Å²) in [7, 11) is 2.15. The number of rotatable bonds is 2. The predicted molar refractivity (Wildman–Crippen MR) is 119 cm³/mol. The smallest absolute Gasteiger partial charge is 0.209 e. The van der Waals surface area contributed by atoms with Crippen molar-refractivity contribution < 1.29 is 9.31 Å². The van der Waals surface area contributed by atoms with Crippen molar-refractivity contribution in [3.63, 3.8) is 0 Å². The largest absolute Gasteiger partial charge is 0.456 e. The molecule has 0 N–H and O–H groups in total. The number of nitrogens with zero attached hydrogens (tertiary/aromatic N) is 1. The van der Waals surface area contributed by atoms with E-state index in [1.807, 2.05) is 24.3 Å². The summed E-state index contributed by atoms with van der Waals surface area (Å²) in [6.07, 6.45) is 6.63. The minimum absolute atomic E-state index is 0.0220. The minimum atomic E-state index is -0.0220. The Bertz CT molecular complexity index is 1160. The van der Waals surface area contributed by atoms with Gasteiger partial charge in [-0.25, -0.2) is 0 Å². The Morgan fingerprint density at radius 1 is 0.793 bits per heavy atom. The second kappa shape index (κ2) is 6.59. The molecule has 0 fully saturated rings. The van der Waals surface area contributed by atoms with Gasteiger partial charge in [-0.15, -0.1) is 0 Å². The zero-order valence-electron chi connectivity index (χ0n) is 17.0. The van der Waals surface area contributed by atoms with Crippen molar-refractivity contribution in [2.24, 2.45) is 0 Å². The first-order chi connectivity index (χ1) is 14.1. The maximum absolute atomic E-state index is 6.10. The van der Waals surface area contributed by atoms with Crippen LogP contribution in [0.25, 0.3) is 5.57 Å². The first kappa shape index (κ1) is 17.7. The van der Waals surface area contributed by atoms with Gasteiger partial charge in [-0.1, -0.05) is 66.7 Å². The van der Waals surface area contributed by atoms with Gasteiger partial charge in [-0.2, -0.15) is 4.58 Å². The van der Waals surface area contributed by atoms with Crippen LogP contribution in [0, 0.1) is 0 Å².